The third kappa shape index (κ3) is 5.64. The van der Waals surface area contributed by atoms with Crippen LogP contribution in [0.1, 0.15) is 18.5 Å². The summed E-state index contributed by atoms with van der Waals surface area (Å²) in [7, 11) is 0. The summed E-state index contributed by atoms with van der Waals surface area (Å²) in [5.41, 5.74) is -3.73. The standard InChI is InChI=1S/C11H11ClF3NOS/c1-7(17)16-10(6-18-11(13,14)15)8-2-4-9(12)5-3-8/h2-5,10H,6H2,1H3,(H,16,17). The van der Waals surface area contributed by atoms with Gasteiger partial charge < -0.3 is 5.32 Å². The lowest BCUT2D eigenvalue weighted by Crippen LogP contribution is -2.28. The number of carbonyl (C=O) groups is 1. The second kappa shape index (κ2) is 6.33. The fraction of sp³-hybridized carbons (Fsp3) is 0.364. The molecule has 7 heteroatoms. The van der Waals surface area contributed by atoms with Crippen molar-refractivity contribution in [3.8, 4) is 0 Å². The van der Waals surface area contributed by atoms with Crippen LogP contribution in [0.2, 0.25) is 5.02 Å². The van der Waals surface area contributed by atoms with E-state index in [2.05, 4.69) is 5.32 Å². The van der Waals surface area contributed by atoms with Gasteiger partial charge >= 0.3 is 5.51 Å². The molecule has 0 heterocycles. The van der Waals surface area contributed by atoms with E-state index in [9.17, 15) is 18.0 Å². The van der Waals surface area contributed by atoms with Gasteiger partial charge in [-0.2, -0.15) is 13.2 Å². The predicted molar refractivity (Wildman–Crippen MR) is 66.5 cm³/mol. The minimum absolute atomic E-state index is 0.165. The number of hydrogen-bond acceptors (Lipinski definition) is 2. The Morgan fingerprint density at radius 3 is 2.39 bits per heavy atom. The first-order valence-electron chi connectivity index (χ1n) is 5.01. The summed E-state index contributed by atoms with van der Waals surface area (Å²) in [4.78, 5) is 11.0. The number of thioether (sulfide) groups is 1. The summed E-state index contributed by atoms with van der Waals surface area (Å²) in [6.07, 6.45) is 0. The van der Waals surface area contributed by atoms with E-state index >= 15 is 0 Å². The van der Waals surface area contributed by atoms with Gasteiger partial charge in [-0.15, -0.1) is 0 Å². The largest absolute Gasteiger partial charge is 0.441 e. The Balaban J connectivity index is 2.77. The Morgan fingerprint density at radius 1 is 1.39 bits per heavy atom. The highest BCUT2D eigenvalue weighted by Gasteiger charge is 2.30. The number of rotatable bonds is 4. The number of carbonyl (C=O) groups excluding carboxylic acids is 1. The van der Waals surface area contributed by atoms with Gasteiger partial charge in [0, 0.05) is 17.7 Å². The van der Waals surface area contributed by atoms with Crippen molar-refractivity contribution < 1.29 is 18.0 Å². The maximum absolute atomic E-state index is 12.2. The van der Waals surface area contributed by atoms with Crippen LogP contribution in [0.3, 0.4) is 0 Å². The Bertz CT molecular complexity index is 408. The van der Waals surface area contributed by atoms with Crippen LogP contribution in [0.4, 0.5) is 13.2 Å². The maximum Gasteiger partial charge on any atom is 0.441 e. The number of hydrogen-bond donors (Lipinski definition) is 1. The maximum atomic E-state index is 12.2. The Morgan fingerprint density at radius 2 is 1.94 bits per heavy atom. The molecule has 0 fully saturated rings. The molecule has 0 radical (unpaired) electrons. The van der Waals surface area contributed by atoms with Crippen LogP contribution in [0, 0.1) is 0 Å². The van der Waals surface area contributed by atoms with E-state index in [0.29, 0.717) is 10.6 Å². The van der Waals surface area contributed by atoms with Crippen LogP contribution < -0.4 is 5.32 Å². The second-order valence-corrected chi connectivity index (χ2v) is 5.08. The SMILES string of the molecule is CC(=O)NC(CSC(F)(F)F)c1ccc(Cl)cc1. The van der Waals surface area contributed by atoms with Gasteiger partial charge in [-0.25, -0.2) is 0 Å². The molecule has 0 saturated carbocycles. The summed E-state index contributed by atoms with van der Waals surface area (Å²) in [5, 5.41) is 2.97. The van der Waals surface area contributed by atoms with Crippen LogP contribution in [-0.4, -0.2) is 17.2 Å². The lowest BCUT2D eigenvalue weighted by molar-refractivity contribution is -0.119. The minimum Gasteiger partial charge on any atom is -0.349 e. The van der Waals surface area contributed by atoms with E-state index in [0.717, 1.165) is 0 Å². The average molecular weight is 298 g/mol. The van der Waals surface area contributed by atoms with E-state index in [1.165, 1.54) is 6.92 Å². The lowest BCUT2D eigenvalue weighted by Gasteiger charge is -2.18. The highest BCUT2D eigenvalue weighted by Crippen LogP contribution is 2.33. The van der Waals surface area contributed by atoms with Crippen LogP contribution in [0.25, 0.3) is 0 Å². The van der Waals surface area contributed by atoms with Gasteiger partial charge in [0.1, 0.15) is 0 Å². The molecule has 1 rings (SSSR count). The number of nitrogens with one attached hydrogen (secondary N) is 1. The fourth-order valence-corrected chi connectivity index (χ4v) is 2.10. The monoisotopic (exact) mass is 297 g/mol. The highest BCUT2D eigenvalue weighted by atomic mass is 35.5. The molecule has 1 aromatic carbocycles. The molecule has 0 aromatic heterocycles. The lowest BCUT2D eigenvalue weighted by atomic mass is 10.1. The zero-order valence-electron chi connectivity index (χ0n) is 9.42. The third-order valence-corrected chi connectivity index (χ3v) is 3.14. The van der Waals surface area contributed by atoms with Crippen LogP contribution in [-0.2, 0) is 4.79 Å². The minimum atomic E-state index is -4.32. The zero-order chi connectivity index (χ0) is 13.8. The van der Waals surface area contributed by atoms with Crippen LogP contribution in [0.5, 0.6) is 0 Å². The molecule has 0 aliphatic heterocycles. The van der Waals surface area contributed by atoms with Crippen molar-refractivity contribution in [3.05, 3.63) is 34.9 Å². The van der Waals surface area contributed by atoms with Crippen molar-refractivity contribution in [3.63, 3.8) is 0 Å². The van der Waals surface area contributed by atoms with Crippen molar-refractivity contribution >= 4 is 29.3 Å². The number of amides is 1. The highest BCUT2D eigenvalue weighted by molar-refractivity contribution is 8.00. The molecular formula is C11H11ClF3NOS. The zero-order valence-corrected chi connectivity index (χ0v) is 11.0. The molecule has 0 aliphatic carbocycles. The number of benzene rings is 1. The summed E-state index contributed by atoms with van der Waals surface area (Å²) in [6.45, 7) is 1.27. The molecule has 0 bridgehead atoms. The van der Waals surface area contributed by atoms with E-state index in [1.807, 2.05) is 0 Å². The fourth-order valence-electron chi connectivity index (χ4n) is 1.34. The first-order chi connectivity index (χ1) is 8.28. The van der Waals surface area contributed by atoms with Gasteiger partial charge in [-0.05, 0) is 29.5 Å². The topological polar surface area (TPSA) is 29.1 Å². The van der Waals surface area contributed by atoms with Gasteiger partial charge in [0.2, 0.25) is 5.91 Å². The Hall–Kier alpha value is -0.880. The summed E-state index contributed by atoms with van der Waals surface area (Å²) in [6, 6.07) is 5.65. The molecule has 2 nitrogen and oxygen atoms in total. The molecule has 0 spiro atoms. The van der Waals surface area contributed by atoms with Crippen molar-refractivity contribution in [1.82, 2.24) is 5.32 Å². The van der Waals surface area contributed by atoms with Gasteiger partial charge in [-0.3, -0.25) is 4.79 Å². The molecule has 1 unspecified atom stereocenters. The predicted octanol–water partition coefficient (Wildman–Crippen LogP) is 3.77. The van der Waals surface area contributed by atoms with E-state index < -0.39 is 11.6 Å². The quantitative estimate of drug-likeness (QED) is 0.916. The van der Waals surface area contributed by atoms with Crippen LogP contribution >= 0.6 is 23.4 Å². The number of halogens is 4. The average Bonchev–Trinajstić information content (AvgIpc) is 2.24. The van der Waals surface area contributed by atoms with Crippen LogP contribution in [0.15, 0.2) is 24.3 Å². The van der Waals surface area contributed by atoms with E-state index in [1.54, 1.807) is 24.3 Å². The normalized spacial score (nSPS) is 13.2. The van der Waals surface area contributed by atoms with Gasteiger partial charge in [-0.1, -0.05) is 23.7 Å². The van der Waals surface area contributed by atoms with Crippen molar-refractivity contribution in [2.75, 3.05) is 5.75 Å². The molecule has 0 aliphatic rings. The summed E-state index contributed by atoms with van der Waals surface area (Å²) < 4.78 is 36.5. The van der Waals surface area contributed by atoms with Crippen molar-refractivity contribution in [1.29, 1.82) is 0 Å². The Labute approximate surface area is 112 Å². The first-order valence-corrected chi connectivity index (χ1v) is 6.37. The van der Waals surface area contributed by atoms with Crippen molar-refractivity contribution in [2.45, 2.75) is 18.5 Å². The Kier molecular flexibility index (Phi) is 5.34. The summed E-state index contributed by atoms with van der Waals surface area (Å²) >= 11 is 5.53. The van der Waals surface area contributed by atoms with E-state index in [4.69, 9.17) is 11.6 Å². The molecule has 0 saturated heterocycles. The smallest absolute Gasteiger partial charge is 0.349 e. The van der Waals surface area contributed by atoms with Gasteiger partial charge in [0.05, 0.1) is 6.04 Å². The summed E-state index contributed by atoms with van der Waals surface area (Å²) in [5.74, 6) is -0.650. The molecular weight excluding hydrogens is 287 g/mol. The molecule has 1 atom stereocenters. The molecule has 100 valence electrons. The third-order valence-electron chi connectivity index (χ3n) is 2.06. The molecule has 1 aromatic rings. The second-order valence-electron chi connectivity index (χ2n) is 3.56. The van der Waals surface area contributed by atoms with Gasteiger partial charge in [0.15, 0.2) is 0 Å². The number of alkyl halides is 3. The van der Waals surface area contributed by atoms with Gasteiger partial charge in [0.25, 0.3) is 0 Å². The van der Waals surface area contributed by atoms with E-state index in [-0.39, 0.29) is 23.4 Å². The molecule has 1 N–H and O–H groups in total. The molecule has 1 amide bonds. The molecule has 18 heavy (non-hydrogen) atoms. The first kappa shape index (κ1) is 15.2. The van der Waals surface area contributed by atoms with Crippen molar-refractivity contribution in [2.24, 2.45) is 0 Å².